The first-order valence-electron chi connectivity index (χ1n) is 5.22. The smallest absolute Gasteiger partial charge is 0.160 e. The molecule has 0 aromatic heterocycles. The molecule has 1 aliphatic rings. The molecule has 0 unspecified atom stereocenters. The molecule has 0 aliphatic carbocycles. The monoisotopic (exact) mass is 124 g/mol. The predicted molar refractivity (Wildman–Crippen MR) is 38.6 cm³/mol. The highest BCUT2D eigenvalue weighted by Gasteiger charge is 2.05. The van der Waals surface area contributed by atoms with Crippen molar-refractivity contribution in [1.29, 1.82) is 0 Å². The minimum absolute atomic E-state index is 0.236. The van der Waals surface area contributed by atoms with E-state index < -0.39 is 12.9 Å². The van der Waals surface area contributed by atoms with Crippen molar-refractivity contribution in [2.45, 2.75) is 6.37 Å². The summed E-state index contributed by atoms with van der Waals surface area (Å²) in [5, 5.41) is 0.600. The van der Waals surface area contributed by atoms with Crippen LogP contribution in [0.1, 0.15) is 11.0 Å². The summed E-state index contributed by atoms with van der Waals surface area (Å²) in [6, 6.07) is 6.37. The number of hydrogen-bond donors (Lipinski definition) is 1. The van der Waals surface area contributed by atoms with Crippen molar-refractivity contribution in [3.05, 3.63) is 29.8 Å². The van der Waals surface area contributed by atoms with E-state index in [-0.39, 0.29) is 5.56 Å². The minimum atomic E-state index is -2.31. The van der Waals surface area contributed by atoms with Gasteiger partial charge in [-0.05, 0) is 18.0 Å². The van der Waals surface area contributed by atoms with Crippen LogP contribution in [0, 0.1) is 0 Å². The zero-order valence-corrected chi connectivity index (χ0v) is 4.76. The summed E-state index contributed by atoms with van der Waals surface area (Å²) >= 11 is 0. The van der Waals surface area contributed by atoms with Crippen LogP contribution >= 0.6 is 0 Å². The second-order valence-corrected chi connectivity index (χ2v) is 1.87. The topological polar surface area (TPSA) is 12.0 Å². The molecular weight excluding hydrogens is 110 g/mol. The molecule has 0 spiro atoms. The van der Waals surface area contributed by atoms with Crippen molar-refractivity contribution in [3.63, 3.8) is 0 Å². The Morgan fingerprint density at radius 3 is 3.33 bits per heavy atom. The zero-order chi connectivity index (χ0) is 10.6. The van der Waals surface area contributed by atoms with Gasteiger partial charge in [-0.1, -0.05) is 18.2 Å². The third kappa shape index (κ3) is 0.689. The van der Waals surface area contributed by atoms with Gasteiger partial charge in [-0.25, -0.2) is 0 Å². The average molecular weight is 124 g/mol. The van der Waals surface area contributed by atoms with E-state index in [1.165, 1.54) is 6.07 Å². The van der Waals surface area contributed by atoms with Crippen LogP contribution in [0.25, 0.3) is 0 Å². The first-order valence-corrected chi connectivity index (χ1v) is 2.77. The van der Waals surface area contributed by atoms with Gasteiger partial charge in [0.2, 0.25) is 0 Å². The van der Waals surface area contributed by atoms with Gasteiger partial charge in [-0.15, -0.1) is 0 Å². The summed E-state index contributed by atoms with van der Waals surface area (Å²) in [7, 11) is 0. The average Bonchev–Trinajstić information content (AvgIpc) is 2.27. The number of rotatable bonds is 0. The molecule has 1 aromatic carbocycles. The molecule has 0 amide bonds. The van der Waals surface area contributed by atoms with Crippen molar-refractivity contribution in [2.24, 2.45) is 0 Å². The lowest BCUT2D eigenvalue weighted by atomic mass is 10.2. The Hall–Kier alpha value is -0.980. The number of benzene rings is 1. The van der Waals surface area contributed by atoms with Crippen LogP contribution in [0.15, 0.2) is 24.3 Å². The fourth-order valence-electron chi connectivity index (χ4n) is 0.825. The third-order valence-electron chi connectivity index (χ3n) is 1.27. The molecule has 0 atom stereocenters. The molecule has 1 heterocycles. The van der Waals surface area contributed by atoms with E-state index in [0.29, 0.717) is 11.0 Å². The van der Waals surface area contributed by atoms with E-state index in [4.69, 9.17) is 6.89 Å². The van der Waals surface area contributed by atoms with Crippen LogP contribution in [0.5, 0.6) is 0 Å². The highest BCUT2D eigenvalue weighted by atomic mass is 14.9. The predicted octanol–water partition coefficient (Wildman–Crippen LogP) is 1.65. The maximum atomic E-state index is 7.63. The number of hydrogen-bond acceptors (Lipinski definition) is 1. The van der Waals surface area contributed by atoms with Crippen LogP contribution < -0.4 is 5.31 Å². The summed E-state index contributed by atoms with van der Waals surface area (Å²) in [4.78, 5) is 0. The van der Waals surface area contributed by atoms with E-state index in [0.717, 1.165) is 0 Å². The van der Waals surface area contributed by atoms with Gasteiger partial charge in [0.15, 0.2) is 1.41 Å². The number of anilines is 1. The molecule has 1 heteroatoms. The van der Waals surface area contributed by atoms with Crippen molar-refractivity contribution in [2.75, 3.05) is 11.8 Å². The first kappa shape index (κ1) is 2.01. The lowest BCUT2D eigenvalue weighted by Crippen LogP contribution is -1.90. The van der Waals surface area contributed by atoms with Crippen molar-refractivity contribution in [1.82, 2.24) is 0 Å². The van der Waals surface area contributed by atoms with E-state index in [1.807, 2.05) is 0 Å². The summed E-state index contributed by atoms with van der Waals surface area (Å²) in [6.45, 7) is -2.31. The number of aryl methyl sites for hydroxylation is 1. The zero-order valence-electron chi connectivity index (χ0n) is 9.76. The van der Waals surface area contributed by atoms with Crippen molar-refractivity contribution >= 4 is 5.69 Å². The Kier molecular flexibility index (Phi) is 0.393. The second-order valence-electron chi connectivity index (χ2n) is 1.87. The van der Waals surface area contributed by atoms with E-state index >= 15 is 0 Å². The van der Waals surface area contributed by atoms with Crippen LogP contribution in [0.4, 0.5) is 5.69 Å². The molecule has 1 nitrogen and oxygen atoms in total. The molecular formula is C8H9N. The van der Waals surface area contributed by atoms with Crippen LogP contribution in [0.2, 0.25) is 1.41 Å². The molecule has 1 aliphatic heterocycles. The van der Waals surface area contributed by atoms with Gasteiger partial charge in [0.25, 0.3) is 0 Å². The maximum absolute atomic E-state index is 7.63. The third-order valence-corrected chi connectivity index (χ3v) is 1.27. The lowest BCUT2D eigenvalue weighted by Gasteiger charge is -1.94. The summed E-state index contributed by atoms with van der Waals surface area (Å²) in [5.41, 5.74) is 0.530. The highest BCUT2D eigenvalue weighted by Crippen LogP contribution is 2.19. The Balaban J connectivity index is 2.68. The van der Waals surface area contributed by atoms with Gasteiger partial charge in [0.1, 0.15) is 0 Å². The fraction of sp³-hybridized carbons (Fsp3) is 0.250. The lowest BCUT2D eigenvalue weighted by molar-refractivity contribution is 1.11. The normalized spacial score (nSPS) is 35.1. The quantitative estimate of drug-likeness (QED) is 0.554. The molecule has 0 fully saturated rings. The summed E-state index contributed by atoms with van der Waals surface area (Å²) in [5.74, 6) is 0. The molecule has 0 radical (unpaired) electrons. The summed E-state index contributed by atoms with van der Waals surface area (Å²) < 4.78 is 37.8. The van der Waals surface area contributed by atoms with Gasteiger partial charge in [-0.3, -0.25) is 0 Å². The van der Waals surface area contributed by atoms with E-state index in [9.17, 15) is 0 Å². The fourth-order valence-corrected chi connectivity index (χ4v) is 0.825. The van der Waals surface area contributed by atoms with Crippen molar-refractivity contribution in [3.8, 4) is 0 Å². The van der Waals surface area contributed by atoms with Gasteiger partial charge in [0, 0.05) is 17.7 Å². The van der Waals surface area contributed by atoms with Gasteiger partial charge in [-0.2, -0.15) is 0 Å². The Morgan fingerprint density at radius 2 is 2.44 bits per heavy atom. The van der Waals surface area contributed by atoms with E-state index in [2.05, 4.69) is 0 Å². The molecule has 9 heavy (non-hydrogen) atoms. The largest absolute Gasteiger partial charge is 0.384 e. The number of nitrogens with one attached hydrogen (secondary N) is 1. The van der Waals surface area contributed by atoms with Gasteiger partial charge in [0.05, 0.1) is 0 Å². The highest BCUT2D eigenvalue weighted by molar-refractivity contribution is 5.54. The van der Waals surface area contributed by atoms with Gasteiger partial charge >= 0.3 is 0 Å². The molecule has 1 N–H and O–H groups in total. The summed E-state index contributed by atoms with van der Waals surface area (Å²) in [6.07, 6.45) is -2.13. The van der Waals surface area contributed by atoms with Gasteiger partial charge < -0.3 is 5.31 Å². The van der Waals surface area contributed by atoms with Crippen LogP contribution in [-0.2, 0) is 6.37 Å². The SMILES string of the molecule is [2H]N1c2ccccc2C([2H])([2H])C1([2H])[2H]. The second kappa shape index (κ2) is 1.76. The molecule has 0 bridgehead atoms. The van der Waals surface area contributed by atoms with Crippen LogP contribution in [0.3, 0.4) is 0 Å². The van der Waals surface area contributed by atoms with Crippen LogP contribution in [-0.4, -0.2) is 6.50 Å². The standard InChI is InChI=1S/C8H9N/c1-2-4-8-7(3-1)5-6-9-8/h1-4,9H,5-6H2/i5D2,6D2/hD. The minimum Gasteiger partial charge on any atom is -0.384 e. The van der Waals surface area contributed by atoms with E-state index in [1.54, 1.807) is 18.2 Å². The maximum Gasteiger partial charge on any atom is 0.160 e. The molecule has 2 rings (SSSR count). The molecule has 1 aromatic rings. The first-order chi connectivity index (χ1) is 6.39. The Bertz CT molecular complexity index is 376. The van der Waals surface area contributed by atoms with Crippen molar-refractivity contribution < 1.29 is 6.89 Å². The molecule has 46 valence electrons. The molecule has 0 saturated heterocycles. The Morgan fingerprint density at radius 1 is 1.56 bits per heavy atom. The number of para-hydroxylation sites is 1. The Labute approximate surface area is 61.8 Å². The molecule has 0 saturated carbocycles. The number of fused-ring (bicyclic) bond motifs is 1.